The largest absolute Gasteiger partial charge is 0.351 e. The maximum absolute atomic E-state index is 12.3. The van der Waals surface area contributed by atoms with Gasteiger partial charge in [0.05, 0.1) is 18.9 Å². The number of carbonyl (C=O) groups is 1. The van der Waals surface area contributed by atoms with Crippen molar-refractivity contribution in [2.45, 2.75) is 44.4 Å². The zero-order chi connectivity index (χ0) is 14.2. The molecular formula is C14H20N2O4. The fourth-order valence-corrected chi connectivity index (χ4v) is 3.02. The number of aromatic nitrogens is 1. The van der Waals surface area contributed by atoms with Gasteiger partial charge in [-0.2, -0.15) is 0 Å². The molecule has 20 heavy (non-hydrogen) atoms. The molecule has 1 aromatic rings. The second-order valence-electron chi connectivity index (χ2n) is 5.59. The van der Waals surface area contributed by atoms with Crippen molar-refractivity contribution in [3.63, 3.8) is 0 Å². The quantitative estimate of drug-likeness (QED) is 0.825. The van der Waals surface area contributed by atoms with E-state index in [1.165, 1.54) is 0 Å². The second-order valence-corrected chi connectivity index (χ2v) is 5.59. The summed E-state index contributed by atoms with van der Waals surface area (Å²) in [5.74, 6) is -0.193. The molecule has 2 aliphatic rings. The molecule has 1 aliphatic heterocycles. The van der Waals surface area contributed by atoms with Crippen molar-refractivity contribution in [1.82, 2.24) is 10.1 Å². The maximum atomic E-state index is 12.3. The van der Waals surface area contributed by atoms with E-state index in [4.69, 9.17) is 14.0 Å². The van der Waals surface area contributed by atoms with Gasteiger partial charge in [-0.25, -0.2) is 0 Å². The highest BCUT2D eigenvalue weighted by Crippen LogP contribution is 2.37. The van der Waals surface area contributed by atoms with Crippen LogP contribution in [0.2, 0.25) is 0 Å². The number of nitrogens with zero attached hydrogens (tertiary/aromatic N) is 2. The topological polar surface area (TPSA) is 64.8 Å². The van der Waals surface area contributed by atoms with Gasteiger partial charge in [-0.1, -0.05) is 5.16 Å². The minimum atomic E-state index is -0.386. The number of ether oxygens (including phenoxy) is 2. The van der Waals surface area contributed by atoms with Crippen molar-refractivity contribution < 1.29 is 18.8 Å². The highest BCUT2D eigenvalue weighted by atomic mass is 16.7. The average molecular weight is 280 g/mol. The molecule has 1 aromatic heterocycles. The summed E-state index contributed by atoms with van der Waals surface area (Å²) in [4.78, 5) is 14.1. The highest BCUT2D eigenvalue weighted by molar-refractivity contribution is 5.91. The highest BCUT2D eigenvalue weighted by Gasteiger charge is 2.41. The Balaban J connectivity index is 1.61. The smallest absolute Gasteiger partial charge is 0.292 e. The molecule has 2 fully saturated rings. The van der Waals surface area contributed by atoms with E-state index in [1.54, 1.807) is 17.9 Å². The van der Waals surface area contributed by atoms with Crippen molar-refractivity contribution in [3.05, 3.63) is 17.5 Å². The van der Waals surface area contributed by atoms with Gasteiger partial charge >= 0.3 is 0 Å². The number of rotatable bonds is 2. The lowest BCUT2D eigenvalue weighted by Crippen LogP contribution is -2.44. The van der Waals surface area contributed by atoms with E-state index in [9.17, 15) is 4.79 Å². The molecule has 110 valence electrons. The summed E-state index contributed by atoms with van der Waals surface area (Å²) >= 11 is 0. The van der Waals surface area contributed by atoms with Crippen molar-refractivity contribution >= 4 is 5.91 Å². The van der Waals surface area contributed by atoms with E-state index < -0.39 is 0 Å². The van der Waals surface area contributed by atoms with Crippen molar-refractivity contribution in [2.24, 2.45) is 0 Å². The molecule has 6 heteroatoms. The lowest BCUT2D eigenvalue weighted by Gasteiger charge is -2.38. The fourth-order valence-electron chi connectivity index (χ4n) is 3.02. The summed E-state index contributed by atoms with van der Waals surface area (Å²) < 4.78 is 16.4. The number of aryl methyl sites for hydroxylation is 1. The molecule has 0 atom stereocenters. The summed E-state index contributed by atoms with van der Waals surface area (Å²) in [6, 6.07) is 1.87. The summed E-state index contributed by atoms with van der Waals surface area (Å²) in [5, 5.41) is 3.76. The molecule has 1 aliphatic carbocycles. The summed E-state index contributed by atoms with van der Waals surface area (Å²) in [7, 11) is 1.82. The van der Waals surface area contributed by atoms with Crippen LogP contribution < -0.4 is 0 Å². The molecule has 1 saturated heterocycles. The van der Waals surface area contributed by atoms with Gasteiger partial charge in [0.15, 0.2) is 5.79 Å². The van der Waals surface area contributed by atoms with Crippen LogP contribution in [0.1, 0.15) is 41.9 Å². The molecule has 0 unspecified atom stereocenters. The first-order valence-corrected chi connectivity index (χ1v) is 7.08. The van der Waals surface area contributed by atoms with Crippen LogP contribution in [0.4, 0.5) is 0 Å². The summed E-state index contributed by atoms with van der Waals surface area (Å²) in [6.07, 6.45) is 3.44. The standard InChI is InChI=1S/C14H20N2O4/c1-10-9-12(20-15-10)13(17)16(2)11-3-5-14(6-4-11)18-7-8-19-14/h9,11H,3-8H2,1-2H3. The average Bonchev–Trinajstić information content (AvgIpc) is 3.08. The Hall–Kier alpha value is -1.40. The van der Waals surface area contributed by atoms with Crippen LogP contribution in [0.5, 0.6) is 0 Å². The molecule has 0 aromatic carbocycles. The minimum Gasteiger partial charge on any atom is -0.351 e. The maximum Gasteiger partial charge on any atom is 0.292 e. The third-order valence-corrected chi connectivity index (χ3v) is 4.24. The van der Waals surface area contributed by atoms with Gasteiger partial charge in [0, 0.05) is 32.0 Å². The predicted octanol–water partition coefficient (Wildman–Crippen LogP) is 1.74. The first-order valence-electron chi connectivity index (χ1n) is 7.08. The first-order chi connectivity index (χ1) is 9.60. The zero-order valence-electron chi connectivity index (χ0n) is 11.9. The van der Waals surface area contributed by atoms with E-state index in [0.29, 0.717) is 19.0 Å². The zero-order valence-corrected chi connectivity index (χ0v) is 11.9. The number of amides is 1. The molecule has 0 N–H and O–H groups in total. The van der Waals surface area contributed by atoms with Crippen LogP contribution in [0.25, 0.3) is 0 Å². The van der Waals surface area contributed by atoms with E-state index in [-0.39, 0.29) is 17.7 Å². The molecule has 1 amide bonds. The Labute approximate surface area is 118 Å². The summed E-state index contributed by atoms with van der Waals surface area (Å²) in [5.41, 5.74) is 0.720. The monoisotopic (exact) mass is 280 g/mol. The van der Waals surface area contributed by atoms with E-state index >= 15 is 0 Å². The molecule has 1 spiro atoms. The number of carbonyl (C=O) groups excluding carboxylic acids is 1. The van der Waals surface area contributed by atoms with Crippen LogP contribution >= 0.6 is 0 Å². The van der Waals surface area contributed by atoms with Crippen LogP contribution in [0, 0.1) is 6.92 Å². The van der Waals surface area contributed by atoms with Gasteiger partial charge in [-0.05, 0) is 19.8 Å². The lowest BCUT2D eigenvalue weighted by molar-refractivity contribution is -0.182. The van der Waals surface area contributed by atoms with Crippen LogP contribution in [0.3, 0.4) is 0 Å². The van der Waals surface area contributed by atoms with Gasteiger partial charge in [-0.15, -0.1) is 0 Å². The predicted molar refractivity (Wildman–Crippen MR) is 70.2 cm³/mol. The number of hydrogen-bond donors (Lipinski definition) is 0. The van der Waals surface area contributed by atoms with Gasteiger partial charge in [-0.3, -0.25) is 4.79 Å². The lowest BCUT2D eigenvalue weighted by atomic mass is 9.89. The molecule has 0 radical (unpaired) electrons. The Morgan fingerprint density at radius 3 is 2.55 bits per heavy atom. The van der Waals surface area contributed by atoms with Crippen LogP contribution in [0.15, 0.2) is 10.6 Å². The minimum absolute atomic E-state index is 0.111. The van der Waals surface area contributed by atoms with Crippen LogP contribution in [-0.2, 0) is 9.47 Å². The van der Waals surface area contributed by atoms with Gasteiger partial charge < -0.3 is 18.9 Å². The Morgan fingerprint density at radius 1 is 1.35 bits per heavy atom. The van der Waals surface area contributed by atoms with E-state index in [2.05, 4.69) is 5.16 Å². The Morgan fingerprint density at radius 2 is 2.00 bits per heavy atom. The molecule has 1 saturated carbocycles. The SMILES string of the molecule is Cc1cc(C(=O)N(C)C2CCC3(CC2)OCCO3)on1. The van der Waals surface area contributed by atoms with E-state index in [0.717, 1.165) is 31.4 Å². The van der Waals surface area contributed by atoms with Crippen molar-refractivity contribution in [3.8, 4) is 0 Å². The van der Waals surface area contributed by atoms with Crippen molar-refractivity contribution in [1.29, 1.82) is 0 Å². The Bertz CT molecular complexity index is 483. The molecule has 3 rings (SSSR count). The van der Waals surface area contributed by atoms with E-state index in [1.807, 2.05) is 7.05 Å². The molecule has 2 heterocycles. The third kappa shape index (κ3) is 2.45. The fraction of sp³-hybridized carbons (Fsp3) is 0.714. The van der Waals surface area contributed by atoms with Crippen LogP contribution in [-0.4, -0.2) is 48.1 Å². The normalized spacial score (nSPS) is 22.3. The first kappa shape index (κ1) is 13.6. The molecular weight excluding hydrogens is 260 g/mol. The Kier molecular flexibility index (Phi) is 3.52. The van der Waals surface area contributed by atoms with Gasteiger partial charge in [0.25, 0.3) is 5.91 Å². The molecule has 6 nitrogen and oxygen atoms in total. The van der Waals surface area contributed by atoms with Gasteiger partial charge in [0.2, 0.25) is 5.76 Å². The summed E-state index contributed by atoms with van der Waals surface area (Å²) in [6.45, 7) is 3.16. The number of hydrogen-bond acceptors (Lipinski definition) is 5. The van der Waals surface area contributed by atoms with Crippen molar-refractivity contribution in [2.75, 3.05) is 20.3 Å². The third-order valence-electron chi connectivity index (χ3n) is 4.24. The molecule has 0 bridgehead atoms. The second kappa shape index (κ2) is 5.18. The van der Waals surface area contributed by atoms with Gasteiger partial charge in [0.1, 0.15) is 0 Å².